The lowest BCUT2D eigenvalue weighted by Crippen LogP contribution is -2.56. The van der Waals surface area contributed by atoms with Crippen molar-refractivity contribution in [3.8, 4) is 0 Å². The molecule has 40 heavy (non-hydrogen) atoms. The number of Topliss-reactive ketones (excluding diaryl/α,β-unsaturated/α-hetero) is 1. The lowest BCUT2D eigenvalue weighted by Gasteiger charge is -2.36. The van der Waals surface area contributed by atoms with Gasteiger partial charge in [-0.15, -0.1) is 0 Å². The van der Waals surface area contributed by atoms with E-state index < -0.39 is 23.9 Å². The minimum Gasteiger partial charge on any atom is -0.342 e. The number of nitrogens with two attached hydrogens (primary N) is 1. The van der Waals surface area contributed by atoms with Crippen LogP contribution in [0.1, 0.15) is 40.7 Å². The Kier molecular flexibility index (Phi) is 9.93. The van der Waals surface area contributed by atoms with Gasteiger partial charge in [-0.1, -0.05) is 77.8 Å². The van der Waals surface area contributed by atoms with Gasteiger partial charge in [0.15, 0.2) is 5.78 Å². The summed E-state index contributed by atoms with van der Waals surface area (Å²) in [7, 11) is 0. The van der Waals surface area contributed by atoms with E-state index in [9.17, 15) is 19.2 Å². The number of rotatable bonds is 10. The van der Waals surface area contributed by atoms with Gasteiger partial charge in [-0.05, 0) is 42.3 Å². The van der Waals surface area contributed by atoms with Crippen LogP contribution < -0.4 is 16.4 Å². The molecule has 4 N–H and O–H groups in total. The Morgan fingerprint density at radius 1 is 0.925 bits per heavy atom. The Morgan fingerprint density at radius 3 is 2.33 bits per heavy atom. The Labute approximate surface area is 242 Å². The standard InChI is InChI=1S/C30H30Cl2N4O4/c31-22-10-11-24(23(32)17-22)34-29(39)25(14-15-33)35-30(40)26-16-20-8-4-5-9-21(20)18-36(26)28(38)13-12-27(37)19-6-2-1-3-7-19/h1-11,17,25-26H,12-16,18,33H2,(H,34,39)(H,35,40)/t25-,26-/m0/s1. The van der Waals surface area contributed by atoms with Crippen LogP contribution in [0.3, 0.4) is 0 Å². The highest BCUT2D eigenvalue weighted by Crippen LogP contribution is 2.27. The molecule has 0 radical (unpaired) electrons. The first-order chi connectivity index (χ1) is 19.3. The number of anilines is 1. The molecule has 208 valence electrons. The van der Waals surface area contributed by atoms with E-state index in [1.807, 2.05) is 30.3 Å². The molecule has 0 saturated carbocycles. The Balaban J connectivity index is 1.49. The van der Waals surface area contributed by atoms with Crippen molar-refractivity contribution in [2.24, 2.45) is 5.73 Å². The molecule has 2 atom stereocenters. The second-order valence-corrected chi connectivity index (χ2v) is 10.4. The van der Waals surface area contributed by atoms with Crippen molar-refractivity contribution in [1.29, 1.82) is 0 Å². The van der Waals surface area contributed by atoms with Crippen molar-refractivity contribution in [2.75, 3.05) is 11.9 Å². The quantitative estimate of drug-likeness (QED) is 0.307. The first kappa shape index (κ1) is 29.3. The summed E-state index contributed by atoms with van der Waals surface area (Å²) in [6.07, 6.45) is 0.433. The van der Waals surface area contributed by atoms with Gasteiger partial charge in [0.05, 0.1) is 10.7 Å². The largest absolute Gasteiger partial charge is 0.342 e. The van der Waals surface area contributed by atoms with Crippen LogP contribution in [0.15, 0.2) is 72.8 Å². The zero-order valence-corrected chi connectivity index (χ0v) is 23.3. The minimum atomic E-state index is -0.960. The van der Waals surface area contributed by atoms with Gasteiger partial charge in [-0.25, -0.2) is 0 Å². The summed E-state index contributed by atoms with van der Waals surface area (Å²) in [6.45, 7) is 0.366. The topological polar surface area (TPSA) is 122 Å². The zero-order valence-electron chi connectivity index (χ0n) is 21.7. The maximum Gasteiger partial charge on any atom is 0.247 e. The molecule has 0 saturated heterocycles. The van der Waals surface area contributed by atoms with E-state index >= 15 is 0 Å². The van der Waals surface area contributed by atoms with Gasteiger partial charge in [-0.3, -0.25) is 19.2 Å². The van der Waals surface area contributed by atoms with Crippen LogP contribution in [0.4, 0.5) is 5.69 Å². The molecular formula is C30H30Cl2N4O4. The lowest BCUT2D eigenvalue weighted by molar-refractivity contribution is -0.142. The molecule has 0 aromatic heterocycles. The van der Waals surface area contributed by atoms with E-state index in [0.717, 1.165) is 11.1 Å². The molecule has 0 aliphatic carbocycles. The molecule has 1 aliphatic rings. The lowest BCUT2D eigenvalue weighted by atomic mass is 9.92. The number of hydrogen-bond donors (Lipinski definition) is 3. The van der Waals surface area contributed by atoms with Crippen molar-refractivity contribution in [1.82, 2.24) is 10.2 Å². The predicted molar refractivity (Wildman–Crippen MR) is 155 cm³/mol. The molecular weight excluding hydrogens is 551 g/mol. The third kappa shape index (κ3) is 7.27. The number of halogens is 2. The number of nitrogens with zero attached hydrogens (tertiary/aromatic N) is 1. The van der Waals surface area contributed by atoms with Gasteiger partial charge in [0, 0.05) is 36.4 Å². The fourth-order valence-electron chi connectivity index (χ4n) is 4.67. The van der Waals surface area contributed by atoms with Gasteiger partial charge in [-0.2, -0.15) is 0 Å². The summed E-state index contributed by atoms with van der Waals surface area (Å²) >= 11 is 12.1. The van der Waals surface area contributed by atoms with Crippen LogP contribution in [0.25, 0.3) is 0 Å². The molecule has 0 fully saturated rings. The molecule has 4 rings (SSSR count). The summed E-state index contributed by atoms with van der Waals surface area (Å²) in [5.74, 6) is -1.43. The van der Waals surface area contributed by atoms with Gasteiger partial charge in [0.2, 0.25) is 17.7 Å². The number of fused-ring (bicyclic) bond motifs is 1. The normalized spacial score (nSPS) is 15.1. The molecule has 3 aromatic carbocycles. The van der Waals surface area contributed by atoms with Crippen LogP contribution in [0.2, 0.25) is 10.0 Å². The highest BCUT2D eigenvalue weighted by molar-refractivity contribution is 6.36. The first-order valence-corrected chi connectivity index (χ1v) is 13.7. The van der Waals surface area contributed by atoms with E-state index in [1.54, 1.807) is 36.4 Å². The monoisotopic (exact) mass is 580 g/mol. The third-order valence-corrected chi connectivity index (χ3v) is 7.36. The third-order valence-electron chi connectivity index (χ3n) is 6.81. The van der Waals surface area contributed by atoms with Crippen LogP contribution in [-0.4, -0.2) is 47.0 Å². The summed E-state index contributed by atoms with van der Waals surface area (Å²) in [4.78, 5) is 54.2. The number of nitrogens with one attached hydrogen (secondary N) is 2. The van der Waals surface area contributed by atoms with Crippen molar-refractivity contribution >= 4 is 52.4 Å². The smallest absolute Gasteiger partial charge is 0.247 e. The fraction of sp³-hybridized carbons (Fsp3) is 0.267. The van der Waals surface area contributed by atoms with Crippen LogP contribution in [0, 0.1) is 0 Å². The summed E-state index contributed by atoms with van der Waals surface area (Å²) in [5.41, 5.74) is 8.50. The van der Waals surface area contributed by atoms with E-state index in [0.29, 0.717) is 16.3 Å². The second-order valence-electron chi connectivity index (χ2n) is 9.55. The van der Waals surface area contributed by atoms with Crippen molar-refractivity contribution in [3.05, 3.63) is 99.5 Å². The van der Waals surface area contributed by atoms with E-state index in [1.165, 1.54) is 11.0 Å². The molecule has 0 spiro atoms. The number of benzene rings is 3. The summed E-state index contributed by atoms with van der Waals surface area (Å²) in [5, 5.41) is 6.17. The second kappa shape index (κ2) is 13.6. The van der Waals surface area contributed by atoms with Gasteiger partial charge < -0.3 is 21.3 Å². The van der Waals surface area contributed by atoms with Crippen LogP contribution in [-0.2, 0) is 27.3 Å². The molecule has 1 aliphatic heterocycles. The van der Waals surface area contributed by atoms with E-state index in [2.05, 4.69) is 10.6 Å². The Bertz CT molecular complexity index is 1400. The van der Waals surface area contributed by atoms with Crippen LogP contribution in [0.5, 0.6) is 0 Å². The molecule has 8 nitrogen and oxygen atoms in total. The van der Waals surface area contributed by atoms with Crippen molar-refractivity contribution in [2.45, 2.75) is 44.3 Å². The zero-order chi connectivity index (χ0) is 28.6. The highest BCUT2D eigenvalue weighted by atomic mass is 35.5. The maximum atomic E-state index is 13.6. The van der Waals surface area contributed by atoms with Gasteiger partial charge >= 0.3 is 0 Å². The average Bonchev–Trinajstić information content (AvgIpc) is 2.96. The van der Waals surface area contributed by atoms with Crippen molar-refractivity contribution in [3.63, 3.8) is 0 Å². The maximum absolute atomic E-state index is 13.6. The predicted octanol–water partition coefficient (Wildman–Crippen LogP) is 4.38. The van der Waals surface area contributed by atoms with Crippen molar-refractivity contribution < 1.29 is 19.2 Å². The van der Waals surface area contributed by atoms with Gasteiger partial charge in [0.1, 0.15) is 12.1 Å². The van der Waals surface area contributed by atoms with Gasteiger partial charge in [0.25, 0.3) is 0 Å². The fourth-order valence-corrected chi connectivity index (χ4v) is 5.12. The Morgan fingerprint density at radius 2 is 1.62 bits per heavy atom. The summed E-state index contributed by atoms with van der Waals surface area (Å²) in [6, 6.07) is 19.2. The number of ketones is 1. The molecule has 3 aromatic rings. The SMILES string of the molecule is NCC[C@H](NC(=O)[C@@H]1Cc2ccccc2CN1C(=O)CCC(=O)c1ccccc1)C(=O)Nc1ccc(Cl)cc1Cl. The number of hydrogen-bond acceptors (Lipinski definition) is 5. The number of amides is 3. The summed E-state index contributed by atoms with van der Waals surface area (Å²) < 4.78 is 0. The van der Waals surface area contributed by atoms with Crippen LogP contribution >= 0.6 is 23.2 Å². The Hall–Kier alpha value is -3.72. The minimum absolute atomic E-state index is 0.0232. The number of carbonyl (C=O) groups excluding carboxylic acids is 4. The molecule has 0 unspecified atom stereocenters. The highest BCUT2D eigenvalue weighted by Gasteiger charge is 2.36. The van der Waals surface area contributed by atoms with E-state index in [4.69, 9.17) is 28.9 Å². The van der Waals surface area contributed by atoms with E-state index in [-0.39, 0.29) is 55.5 Å². The number of carbonyl (C=O) groups is 4. The first-order valence-electron chi connectivity index (χ1n) is 13.0. The molecule has 10 heteroatoms. The average molecular weight is 582 g/mol. The molecule has 0 bridgehead atoms. The molecule has 3 amide bonds. The molecule has 1 heterocycles.